The van der Waals surface area contributed by atoms with Crippen LogP contribution in [0.5, 0.6) is 5.75 Å². The Balaban J connectivity index is 2.15. The van der Waals surface area contributed by atoms with Gasteiger partial charge in [-0.15, -0.1) is 11.3 Å². The molecule has 3 rings (SSSR count). The first-order valence-corrected chi connectivity index (χ1v) is 8.59. The smallest absolute Gasteiger partial charge is 0.268 e. The van der Waals surface area contributed by atoms with Gasteiger partial charge in [0.05, 0.1) is 15.8 Å². The highest BCUT2D eigenvalue weighted by Crippen LogP contribution is 2.31. The highest BCUT2D eigenvalue weighted by atomic mass is 35.5. The summed E-state index contributed by atoms with van der Waals surface area (Å²) in [5.41, 5.74) is 0.0133. The number of carbonyl (C=O) groups excluding carboxylic acids is 1. The molecule has 2 heterocycles. The molecule has 0 bridgehead atoms. The standard InChI is InChI=1S/C17H11Cl2NO4S/c1-20-15(8-12(21)13-3-2-4-24-13)25-14(17(20)23)6-9-5-10(18)7-11(19)16(9)22/h2-8,22H,1H3/b14-6+,15-8-. The molecule has 0 aliphatic heterocycles. The van der Waals surface area contributed by atoms with Crippen LogP contribution in [-0.4, -0.2) is 15.5 Å². The normalized spacial score (nSPS) is 12.8. The molecule has 0 saturated carbocycles. The van der Waals surface area contributed by atoms with Gasteiger partial charge >= 0.3 is 0 Å². The Morgan fingerprint density at radius 1 is 1.36 bits per heavy atom. The molecule has 0 radical (unpaired) electrons. The van der Waals surface area contributed by atoms with E-state index in [2.05, 4.69) is 0 Å². The summed E-state index contributed by atoms with van der Waals surface area (Å²) in [6.45, 7) is 0. The molecular formula is C17H11Cl2NO4S. The summed E-state index contributed by atoms with van der Waals surface area (Å²) in [4.78, 5) is 24.5. The molecule has 8 heteroatoms. The molecule has 0 aliphatic carbocycles. The average Bonchev–Trinajstić information content (AvgIpc) is 3.18. The van der Waals surface area contributed by atoms with E-state index in [4.69, 9.17) is 27.6 Å². The quantitative estimate of drug-likeness (QED) is 0.691. The topological polar surface area (TPSA) is 72.4 Å². The molecule has 25 heavy (non-hydrogen) atoms. The number of aromatic hydroxyl groups is 1. The van der Waals surface area contributed by atoms with E-state index >= 15 is 0 Å². The predicted octanol–water partition coefficient (Wildman–Crippen LogP) is 2.54. The van der Waals surface area contributed by atoms with Crippen molar-refractivity contribution in [1.82, 2.24) is 4.57 Å². The van der Waals surface area contributed by atoms with Crippen molar-refractivity contribution < 1.29 is 14.3 Å². The monoisotopic (exact) mass is 395 g/mol. The number of hydrogen-bond donors (Lipinski definition) is 1. The van der Waals surface area contributed by atoms with Crippen LogP contribution in [0.2, 0.25) is 10.0 Å². The summed E-state index contributed by atoms with van der Waals surface area (Å²) in [6, 6.07) is 6.06. The molecule has 0 atom stereocenters. The number of halogens is 2. The van der Waals surface area contributed by atoms with E-state index in [0.717, 1.165) is 11.3 Å². The number of thiazole rings is 1. The third kappa shape index (κ3) is 3.56. The maximum atomic E-state index is 12.4. The van der Waals surface area contributed by atoms with Gasteiger partial charge in [-0.05, 0) is 30.3 Å². The number of phenols is 1. The van der Waals surface area contributed by atoms with Crippen LogP contribution >= 0.6 is 34.5 Å². The minimum absolute atomic E-state index is 0.0897. The fraction of sp³-hybridized carbons (Fsp3) is 0.0588. The molecule has 0 amide bonds. The highest BCUT2D eigenvalue weighted by molar-refractivity contribution is 7.07. The van der Waals surface area contributed by atoms with E-state index in [-0.39, 0.29) is 27.9 Å². The van der Waals surface area contributed by atoms with Gasteiger partial charge in [0.25, 0.3) is 5.56 Å². The zero-order valence-electron chi connectivity index (χ0n) is 12.8. The minimum Gasteiger partial charge on any atom is -0.506 e. The summed E-state index contributed by atoms with van der Waals surface area (Å²) in [5, 5.41) is 10.4. The van der Waals surface area contributed by atoms with Crippen LogP contribution < -0.4 is 14.8 Å². The van der Waals surface area contributed by atoms with Crippen LogP contribution in [-0.2, 0) is 7.05 Å². The van der Waals surface area contributed by atoms with E-state index in [1.165, 1.54) is 35.1 Å². The second-order valence-electron chi connectivity index (χ2n) is 5.12. The number of Topliss-reactive ketones (excluding diaryl/α,β-unsaturated/α-hetero) is 1. The first kappa shape index (κ1) is 17.5. The molecular weight excluding hydrogens is 385 g/mol. The number of ketones is 1. The van der Waals surface area contributed by atoms with Gasteiger partial charge in [-0.1, -0.05) is 23.2 Å². The van der Waals surface area contributed by atoms with Gasteiger partial charge in [0, 0.05) is 23.7 Å². The van der Waals surface area contributed by atoms with Crippen molar-refractivity contribution in [2.75, 3.05) is 0 Å². The Bertz CT molecular complexity index is 1130. The molecule has 3 aromatic rings. The largest absolute Gasteiger partial charge is 0.506 e. The van der Waals surface area contributed by atoms with Gasteiger partial charge in [-0.25, -0.2) is 0 Å². The Morgan fingerprint density at radius 3 is 2.80 bits per heavy atom. The van der Waals surface area contributed by atoms with E-state index in [1.807, 2.05) is 0 Å². The molecule has 0 unspecified atom stereocenters. The molecule has 0 spiro atoms. The van der Waals surface area contributed by atoms with Crippen LogP contribution in [0.15, 0.2) is 39.7 Å². The highest BCUT2D eigenvalue weighted by Gasteiger charge is 2.09. The number of phenolic OH excluding ortho intramolecular Hbond substituents is 1. The van der Waals surface area contributed by atoms with Crippen molar-refractivity contribution in [3.8, 4) is 5.75 Å². The summed E-state index contributed by atoms with van der Waals surface area (Å²) in [7, 11) is 1.56. The van der Waals surface area contributed by atoms with Gasteiger partial charge < -0.3 is 14.1 Å². The maximum absolute atomic E-state index is 12.4. The van der Waals surface area contributed by atoms with Crippen LogP contribution in [0.1, 0.15) is 16.1 Å². The molecule has 0 aliphatic rings. The number of carbonyl (C=O) groups is 1. The van der Waals surface area contributed by atoms with Gasteiger partial charge in [-0.2, -0.15) is 0 Å². The van der Waals surface area contributed by atoms with E-state index in [0.29, 0.717) is 19.8 Å². The van der Waals surface area contributed by atoms with Crippen molar-refractivity contribution in [1.29, 1.82) is 0 Å². The van der Waals surface area contributed by atoms with Crippen molar-refractivity contribution in [3.63, 3.8) is 0 Å². The molecule has 1 N–H and O–H groups in total. The second kappa shape index (κ2) is 6.92. The first-order chi connectivity index (χ1) is 11.9. The number of hydrogen-bond acceptors (Lipinski definition) is 5. The van der Waals surface area contributed by atoms with E-state index in [9.17, 15) is 14.7 Å². The molecule has 128 valence electrons. The summed E-state index contributed by atoms with van der Waals surface area (Å²) in [5.74, 6) is -0.327. The number of rotatable bonds is 3. The maximum Gasteiger partial charge on any atom is 0.268 e. The van der Waals surface area contributed by atoms with Crippen LogP contribution in [0.25, 0.3) is 12.2 Å². The Labute approximate surface area is 155 Å². The zero-order chi connectivity index (χ0) is 18.1. The second-order valence-corrected chi connectivity index (χ2v) is 7.03. The van der Waals surface area contributed by atoms with Crippen LogP contribution in [0.3, 0.4) is 0 Å². The molecule has 5 nitrogen and oxygen atoms in total. The number of furan rings is 1. The lowest BCUT2D eigenvalue weighted by Gasteiger charge is -2.01. The van der Waals surface area contributed by atoms with E-state index < -0.39 is 0 Å². The molecule has 2 aromatic heterocycles. The van der Waals surface area contributed by atoms with Gasteiger partial charge in [-0.3, -0.25) is 9.59 Å². The Kier molecular flexibility index (Phi) is 4.85. The minimum atomic E-state index is -0.345. The number of benzene rings is 1. The lowest BCUT2D eigenvalue weighted by molar-refractivity contribution is 0.103. The Hall–Kier alpha value is -2.28. The van der Waals surface area contributed by atoms with Crippen molar-refractivity contribution in [3.05, 3.63) is 71.4 Å². The van der Waals surface area contributed by atoms with Crippen molar-refractivity contribution >= 4 is 52.5 Å². The SMILES string of the molecule is Cn1c(=O)/c(=C\c2cc(Cl)cc(Cl)c2O)s/c1=C\C(=O)c1ccco1. The summed E-state index contributed by atoms with van der Waals surface area (Å²) in [6.07, 6.45) is 4.21. The number of aromatic nitrogens is 1. The summed E-state index contributed by atoms with van der Waals surface area (Å²) >= 11 is 12.9. The van der Waals surface area contributed by atoms with Crippen LogP contribution in [0.4, 0.5) is 0 Å². The van der Waals surface area contributed by atoms with Crippen molar-refractivity contribution in [2.45, 2.75) is 0 Å². The Morgan fingerprint density at radius 2 is 2.12 bits per heavy atom. The predicted molar refractivity (Wildman–Crippen MR) is 98.0 cm³/mol. The lowest BCUT2D eigenvalue weighted by Crippen LogP contribution is -2.29. The van der Waals surface area contributed by atoms with E-state index in [1.54, 1.807) is 19.2 Å². The third-order valence-electron chi connectivity index (χ3n) is 3.42. The molecule has 0 fully saturated rings. The van der Waals surface area contributed by atoms with Gasteiger partial charge in [0.15, 0.2) is 5.76 Å². The number of nitrogens with zero attached hydrogens (tertiary/aromatic N) is 1. The molecule has 1 aromatic carbocycles. The van der Waals surface area contributed by atoms with Crippen molar-refractivity contribution in [2.24, 2.45) is 7.05 Å². The summed E-state index contributed by atoms with van der Waals surface area (Å²) < 4.78 is 7.17. The van der Waals surface area contributed by atoms with Gasteiger partial charge in [0.1, 0.15) is 10.4 Å². The average molecular weight is 396 g/mol. The fourth-order valence-corrected chi connectivity index (χ4v) is 3.68. The lowest BCUT2D eigenvalue weighted by atomic mass is 10.2. The van der Waals surface area contributed by atoms with Gasteiger partial charge in [0.2, 0.25) is 5.78 Å². The zero-order valence-corrected chi connectivity index (χ0v) is 15.2. The first-order valence-electron chi connectivity index (χ1n) is 7.02. The molecule has 0 saturated heterocycles. The van der Waals surface area contributed by atoms with Crippen LogP contribution in [0, 0.1) is 0 Å². The fourth-order valence-electron chi connectivity index (χ4n) is 2.15. The third-order valence-corrected chi connectivity index (χ3v) is 5.04.